The van der Waals surface area contributed by atoms with E-state index in [0.29, 0.717) is 19.0 Å². The molecule has 8 heteroatoms. The van der Waals surface area contributed by atoms with Gasteiger partial charge in [-0.1, -0.05) is 0 Å². The Balaban J connectivity index is 2.69. The molecule has 1 rings (SSSR count). The molecule has 0 aromatic carbocycles. The van der Waals surface area contributed by atoms with Gasteiger partial charge in [0.1, 0.15) is 24.3 Å². The summed E-state index contributed by atoms with van der Waals surface area (Å²) in [6.45, 7) is 8.69. The van der Waals surface area contributed by atoms with E-state index < -0.39 is 5.60 Å². The number of nitrogens with one attached hydrogen (secondary N) is 1. The van der Waals surface area contributed by atoms with E-state index in [1.54, 1.807) is 4.68 Å². The summed E-state index contributed by atoms with van der Waals surface area (Å²) in [5.74, 6) is 1.08. The minimum Gasteiger partial charge on any atom is -0.459 e. The summed E-state index contributed by atoms with van der Waals surface area (Å²) in [5, 5.41) is 7.18. The van der Waals surface area contributed by atoms with Crippen LogP contribution in [0, 0.1) is 0 Å². The van der Waals surface area contributed by atoms with Crippen LogP contribution in [0.2, 0.25) is 0 Å². The molecule has 1 aromatic rings. The zero-order chi connectivity index (χ0) is 16.8. The number of nitrogens with zero attached hydrogens (tertiary/aromatic N) is 5. The van der Waals surface area contributed by atoms with Gasteiger partial charge in [-0.05, 0) is 27.7 Å². The van der Waals surface area contributed by atoms with Crippen molar-refractivity contribution in [1.29, 1.82) is 0 Å². The van der Waals surface area contributed by atoms with Crippen molar-refractivity contribution >= 4 is 11.9 Å². The Bertz CT molecular complexity index is 518. The molecule has 1 aromatic heterocycles. The Kier molecular flexibility index (Phi) is 6.33. The van der Waals surface area contributed by atoms with Gasteiger partial charge in [0.05, 0.1) is 6.54 Å². The number of carbonyl (C=O) groups excluding carboxylic acids is 1. The van der Waals surface area contributed by atoms with Gasteiger partial charge in [0, 0.05) is 20.6 Å². The lowest BCUT2D eigenvalue weighted by atomic mass is 10.2. The molecule has 1 heterocycles. The Hall–Kier alpha value is -2.12. The van der Waals surface area contributed by atoms with E-state index in [2.05, 4.69) is 20.4 Å². The van der Waals surface area contributed by atoms with Gasteiger partial charge in [-0.3, -0.25) is 9.48 Å². The Morgan fingerprint density at radius 3 is 2.68 bits per heavy atom. The smallest absolute Gasteiger partial charge is 0.328 e. The standard InChI is InChI=1S/C14H26N6O2/c1-7-15-13(16-8-12(21)22-14(2,3)4)19(5)9-11-17-10-18-20(11)6/h10H,7-9H2,1-6H3,(H,15,16). The Morgan fingerprint density at radius 1 is 1.50 bits per heavy atom. The highest BCUT2D eigenvalue weighted by Gasteiger charge is 2.16. The van der Waals surface area contributed by atoms with Crippen LogP contribution in [0.4, 0.5) is 0 Å². The average Bonchev–Trinajstić information content (AvgIpc) is 2.78. The summed E-state index contributed by atoms with van der Waals surface area (Å²) in [5.41, 5.74) is -0.504. The zero-order valence-corrected chi connectivity index (χ0v) is 14.3. The van der Waals surface area contributed by atoms with Crippen molar-refractivity contribution in [2.45, 2.75) is 39.8 Å². The first-order valence-corrected chi connectivity index (χ1v) is 7.27. The zero-order valence-electron chi connectivity index (χ0n) is 14.3. The molecule has 0 amide bonds. The molecule has 0 unspecified atom stereocenters. The maximum Gasteiger partial charge on any atom is 0.328 e. The van der Waals surface area contributed by atoms with Crippen LogP contribution in [0.25, 0.3) is 0 Å². The SMILES string of the molecule is CCNC(=NCC(=O)OC(C)(C)C)N(C)Cc1ncnn1C. The van der Waals surface area contributed by atoms with Crippen molar-refractivity contribution in [3.63, 3.8) is 0 Å². The normalized spacial score (nSPS) is 12.2. The topological polar surface area (TPSA) is 84.6 Å². The molecule has 0 atom stereocenters. The van der Waals surface area contributed by atoms with Crippen molar-refractivity contribution in [1.82, 2.24) is 25.0 Å². The van der Waals surface area contributed by atoms with E-state index in [0.717, 1.165) is 5.82 Å². The van der Waals surface area contributed by atoms with E-state index in [-0.39, 0.29) is 12.5 Å². The Morgan fingerprint density at radius 2 is 2.18 bits per heavy atom. The van der Waals surface area contributed by atoms with Crippen molar-refractivity contribution in [2.75, 3.05) is 20.1 Å². The van der Waals surface area contributed by atoms with Crippen LogP contribution in [0.15, 0.2) is 11.3 Å². The number of aliphatic imine (C=N–C) groups is 1. The van der Waals surface area contributed by atoms with Crippen molar-refractivity contribution in [2.24, 2.45) is 12.0 Å². The monoisotopic (exact) mass is 310 g/mol. The number of hydrogen-bond acceptors (Lipinski definition) is 5. The second kappa shape index (κ2) is 7.77. The van der Waals surface area contributed by atoms with Crippen LogP contribution < -0.4 is 5.32 Å². The molecule has 1 N–H and O–H groups in total. The summed E-state index contributed by atoms with van der Waals surface area (Å²) >= 11 is 0. The third kappa shape index (κ3) is 6.11. The predicted molar refractivity (Wildman–Crippen MR) is 84.3 cm³/mol. The number of aryl methyl sites for hydroxylation is 1. The molecule has 8 nitrogen and oxygen atoms in total. The number of esters is 1. The highest BCUT2D eigenvalue weighted by molar-refractivity contribution is 5.82. The first-order chi connectivity index (χ1) is 10.2. The molecule has 124 valence electrons. The first-order valence-electron chi connectivity index (χ1n) is 7.27. The van der Waals surface area contributed by atoms with Gasteiger partial charge in [0.2, 0.25) is 0 Å². The maximum atomic E-state index is 11.8. The highest BCUT2D eigenvalue weighted by Crippen LogP contribution is 2.07. The van der Waals surface area contributed by atoms with Crippen molar-refractivity contribution < 1.29 is 9.53 Å². The minimum atomic E-state index is -0.504. The fourth-order valence-corrected chi connectivity index (χ4v) is 1.73. The second-order valence-electron chi connectivity index (χ2n) is 5.91. The van der Waals surface area contributed by atoms with E-state index >= 15 is 0 Å². The molecule has 0 saturated heterocycles. The molecule has 0 aliphatic carbocycles. The largest absolute Gasteiger partial charge is 0.459 e. The number of hydrogen-bond donors (Lipinski definition) is 1. The number of aromatic nitrogens is 3. The van der Waals surface area contributed by atoms with Crippen molar-refractivity contribution in [3.05, 3.63) is 12.2 Å². The lowest BCUT2D eigenvalue weighted by Crippen LogP contribution is -2.39. The van der Waals surface area contributed by atoms with Gasteiger partial charge >= 0.3 is 5.97 Å². The van der Waals surface area contributed by atoms with Gasteiger partial charge < -0.3 is 15.0 Å². The Labute approximate surface area is 131 Å². The third-order valence-corrected chi connectivity index (χ3v) is 2.66. The molecular formula is C14H26N6O2. The summed E-state index contributed by atoms with van der Waals surface area (Å²) in [6.07, 6.45) is 1.51. The van der Waals surface area contributed by atoms with Gasteiger partial charge in [-0.25, -0.2) is 9.98 Å². The molecule has 0 spiro atoms. The summed E-state index contributed by atoms with van der Waals surface area (Å²) in [4.78, 5) is 22.1. The predicted octanol–water partition coefficient (Wildman–Crippen LogP) is 0.554. The molecule has 22 heavy (non-hydrogen) atoms. The number of ether oxygens (including phenoxy) is 1. The van der Waals surface area contributed by atoms with Crippen LogP contribution in [-0.2, 0) is 23.1 Å². The average molecular weight is 310 g/mol. The second-order valence-corrected chi connectivity index (χ2v) is 5.91. The van der Waals surface area contributed by atoms with Crippen LogP contribution >= 0.6 is 0 Å². The molecule has 0 fully saturated rings. The molecular weight excluding hydrogens is 284 g/mol. The lowest BCUT2D eigenvalue weighted by molar-refractivity contribution is -0.152. The van der Waals surface area contributed by atoms with Gasteiger partial charge in [0.15, 0.2) is 5.96 Å². The van der Waals surface area contributed by atoms with E-state index in [4.69, 9.17) is 4.74 Å². The molecule has 0 saturated carbocycles. The molecule has 0 aliphatic rings. The van der Waals surface area contributed by atoms with Crippen molar-refractivity contribution in [3.8, 4) is 0 Å². The quantitative estimate of drug-likeness (QED) is 0.486. The number of guanidine groups is 1. The van der Waals surface area contributed by atoms with Crippen LogP contribution in [0.5, 0.6) is 0 Å². The third-order valence-electron chi connectivity index (χ3n) is 2.66. The van der Waals surface area contributed by atoms with Gasteiger partial charge in [-0.15, -0.1) is 0 Å². The van der Waals surface area contributed by atoms with Gasteiger partial charge in [0.25, 0.3) is 0 Å². The fraction of sp³-hybridized carbons (Fsp3) is 0.714. The molecule has 0 radical (unpaired) electrons. The summed E-state index contributed by atoms with van der Waals surface area (Å²) in [7, 11) is 3.71. The molecule has 0 aliphatic heterocycles. The first kappa shape index (κ1) is 17.9. The highest BCUT2D eigenvalue weighted by atomic mass is 16.6. The summed E-state index contributed by atoms with van der Waals surface area (Å²) < 4.78 is 6.95. The van der Waals surface area contributed by atoms with E-state index in [9.17, 15) is 4.79 Å². The minimum absolute atomic E-state index is 0.0250. The fourth-order valence-electron chi connectivity index (χ4n) is 1.73. The molecule has 0 bridgehead atoms. The number of rotatable bonds is 5. The van der Waals surface area contributed by atoms with Crippen LogP contribution in [0.3, 0.4) is 0 Å². The lowest BCUT2D eigenvalue weighted by Gasteiger charge is -2.22. The van der Waals surface area contributed by atoms with E-state index in [1.165, 1.54) is 6.33 Å². The van der Waals surface area contributed by atoms with Crippen LogP contribution in [-0.4, -0.2) is 57.3 Å². The van der Waals surface area contributed by atoms with Gasteiger partial charge in [-0.2, -0.15) is 5.10 Å². The number of carbonyl (C=O) groups is 1. The van der Waals surface area contributed by atoms with E-state index in [1.807, 2.05) is 46.7 Å². The van der Waals surface area contributed by atoms with Crippen LogP contribution in [0.1, 0.15) is 33.5 Å². The maximum absolute atomic E-state index is 11.8. The summed E-state index contributed by atoms with van der Waals surface area (Å²) in [6, 6.07) is 0.